The number of aromatic nitrogens is 2. The van der Waals surface area contributed by atoms with Gasteiger partial charge in [0.05, 0.1) is 11.9 Å². The first-order chi connectivity index (χ1) is 12.8. The van der Waals surface area contributed by atoms with Crippen LogP contribution in [0.5, 0.6) is 0 Å². The van der Waals surface area contributed by atoms with E-state index in [2.05, 4.69) is 51.9 Å². The molecule has 3 aromatic rings. The standard InChI is InChI=1S/C21H26N4OS/c1-6-25(11-17(26)24-21(3,4)5)19-18-16(12-27-20(18)23-13-22-19)15-9-7-14(2)8-10-15/h7-10,12-13H,6,11H2,1-5H3,(H,24,26). The highest BCUT2D eigenvalue weighted by atomic mass is 32.1. The highest BCUT2D eigenvalue weighted by Crippen LogP contribution is 2.37. The summed E-state index contributed by atoms with van der Waals surface area (Å²) in [5, 5.41) is 6.16. The molecule has 0 saturated heterocycles. The van der Waals surface area contributed by atoms with E-state index in [9.17, 15) is 4.79 Å². The van der Waals surface area contributed by atoms with Gasteiger partial charge in [-0.1, -0.05) is 29.8 Å². The second-order valence-corrected chi connectivity index (χ2v) is 8.56. The van der Waals surface area contributed by atoms with Crippen molar-refractivity contribution in [3.63, 3.8) is 0 Å². The zero-order valence-corrected chi connectivity index (χ0v) is 17.4. The molecule has 0 unspecified atom stereocenters. The third-order valence-corrected chi connectivity index (χ3v) is 5.13. The molecule has 27 heavy (non-hydrogen) atoms. The number of hydrogen-bond donors (Lipinski definition) is 1. The van der Waals surface area contributed by atoms with Crippen LogP contribution in [0.1, 0.15) is 33.3 Å². The molecular formula is C21H26N4OS. The van der Waals surface area contributed by atoms with E-state index in [1.807, 2.05) is 32.6 Å². The van der Waals surface area contributed by atoms with Gasteiger partial charge in [0, 0.05) is 23.0 Å². The van der Waals surface area contributed by atoms with Gasteiger partial charge >= 0.3 is 0 Å². The van der Waals surface area contributed by atoms with E-state index in [-0.39, 0.29) is 18.0 Å². The fourth-order valence-corrected chi connectivity index (χ4v) is 3.92. The van der Waals surface area contributed by atoms with Gasteiger partial charge in [-0.25, -0.2) is 9.97 Å². The van der Waals surface area contributed by atoms with Crippen LogP contribution < -0.4 is 10.2 Å². The minimum atomic E-state index is -0.257. The Balaban J connectivity index is 2.01. The molecule has 0 atom stereocenters. The van der Waals surface area contributed by atoms with Crippen LogP contribution in [0, 0.1) is 6.92 Å². The molecule has 0 fully saturated rings. The first-order valence-electron chi connectivity index (χ1n) is 9.13. The number of anilines is 1. The number of carbonyl (C=O) groups is 1. The van der Waals surface area contributed by atoms with E-state index in [4.69, 9.17) is 0 Å². The molecule has 0 saturated carbocycles. The third-order valence-electron chi connectivity index (χ3n) is 4.24. The number of nitrogens with one attached hydrogen (secondary N) is 1. The van der Waals surface area contributed by atoms with Gasteiger partial charge in [-0.05, 0) is 40.2 Å². The van der Waals surface area contributed by atoms with E-state index in [1.54, 1.807) is 17.7 Å². The number of benzene rings is 1. The maximum absolute atomic E-state index is 12.5. The van der Waals surface area contributed by atoms with Crippen LogP contribution in [0.3, 0.4) is 0 Å². The Morgan fingerprint density at radius 3 is 2.52 bits per heavy atom. The molecule has 0 bridgehead atoms. The molecule has 2 heterocycles. The Kier molecular flexibility index (Phi) is 5.46. The Hall–Kier alpha value is -2.47. The second-order valence-electron chi connectivity index (χ2n) is 7.71. The third kappa shape index (κ3) is 4.45. The molecule has 0 spiro atoms. The topological polar surface area (TPSA) is 58.1 Å². The number of carbonyl (C=O) groups excluding carboxylic acids is 1. The number of thiophene rings is 1. The van der Waals surface area contributed by atoms with E-state index in [1.165, 1.54) is 5.56 Å². The molecule has 0 aliphatic carbocycles. The molecule has 142 valence electrons. The lowest BCUT2D eigenvalue weighted by Crippen LogP contribution is -2.46. The second kappa shape index (κ2) is 7.64. The Bertz CT molecular complexity index is 941. The first-order valence-corrected chi connectivity index (χ1v) is 10.0. The largest absolute Gasteiger partial charge is 0.350 e. The molecular weight excluding hydrogens is 356 g/mol. The Morgan fingerprint density at radius 2 is 1.89 bits per heavy atom. The average molecular weight is 383 g/mol. The molecule has 6 heteroatoms. The molecule has 3 rings (SSSR count). The Labute approximate surface area is 164 Å². The lowest BCUT2D eigenvalue weighted by atomic mass is 10.0. The van der Waals surface area contributed by atoms with Crippen LogP contribution in [0.15, 0.2) is 36.0 Å². The van der Waals surface area contributed by atoms with Crippen molar-refractivity contribution >= 4 is 33.3 Å². The van der Waals surface area contributed by atoms with Crippen molar-refractivity contribution in [2.45, 2.75) is 40.2 Å². The van der Waals surface area contributed by atoms with Crippen molar-refractivity contribution in [1.82, 2.24) is 15.3 Å². The molecule has 1 amide bonds. The molecule has 1 N–H and O–H groups in total. The van der Waals surface area contributed by atoms with Crippen molar-refractivity contribution in [3.8, 4) is 11.1 Å². The molecule has 1 aromatic carbocycles. The van der Waals surface area contributed by atoms with E-state index < -0.39 is 0 Å². The van der Waals surface area contributed by atoms with Gasteiger partial charge in [0.15, 0.2) is 0 Å². The number of nitrogens with zero attached hydrogens (tertiary/aromatic N) is 3. The SMILES string of the molecule is CCN(CC(=O)NC(C)(C)C)c1ncnc2scc(-c3ccc(C)cc3)c12. The lowest BCUT2D eigenvalue weighted by molar-refractivity contribution is -0.121. The van der Waals surface area contributed by atoms with Crippen LogP contribution in [0.25, 0.3) is 21.3 Å². The summed E-state index contributed by atoms with van der Waals surface area (Å²) in [7, 11) is 0. The fourth-order valence-electron chi connectivity index (χ4n) is 3.01. The number of aryl methyl sites for hydroxylation is 1. The van der Waals surface area contributed by atoms with Crippen LogP contribution >= 0.6 is 11.3 Å². The predicted octanol–water partition coefficient (Wildman–Crippen LogP) is 4.41. The number of hydrogen-bond acceptors (Lipinski definition) is 5. The summed E-state index contributed by atoms with van der Waals surface area (Å²) in [5.74, 6) is 0.798. The van der Waals surface area contributed by atoms with Crippen LogP contribution in [-0.2, 0) is 4.79 Å². The van der Waals surface area contributed by atoms with Crippen LogP contribution in [0.4, 0.5) is 5.82 Å². The number of rotatable bonds is 5. The Morgan fingerprint density at radius 1 is 1.19 bits per heavy atom. The van der Waals surface area contributed by atoms with E-state index in [0.29, 0.717) is 6.54 Å². The smallest absolute Gasteiger partial charge is 0.239 e. The van der Waals surface area contributed by atoms with Gasteiger partial charge in [-0.15, -0.1) is 11.3 Å². The molecule has 0 aliphatic rings. The normalized spacial score (nSPS) is 11.6. The summed E-state index contributed by atoms with van der Waals surface area (Å²) in [6, 6.07) is 8.46. The van der Waals surface area contributed by atoms with Gasteiger partial charge in [0.2, 0.25) is 5.91 Å². The zero-order valence-electron chi connectivity index (χ0n) is 16.5. The predicted molar refractivity (Wildman–Crippen MR) is 113 cm³/mol. The van der Waals surface area contributed by atoms with Crippen LogP contribution in [0.2, 0.25) is 0 Å². The molecule has 0 radical (unpaired) electrons. The van der Waals surface area contributed by atoms with Crippen molar-refractivity contribution in [2.24, 2.45) is 0 Å². The average Bonchev–Trinajstić information content (AvgIpc) is 3.03. The number of likely N-dealkylation sites (N-methyl/N-ethyl adjacent to an activating group) is 1. The quantitative estimate of drug-likeness (QED) is 0.710. The maximum Gasteiger partial charge on any atom is 0.239 e. The van der Waals surface area contributed by atoms with Crippen molar-refractivity contribution in [1.29, 1.82) is 0 Å². The van der Waals surface area contributed by atoms with Gasteiger partial charge < -0.3 is 10.2 Å². The summed E-state index contributed by atoms with van der Waals surface area (Å²) >= 11 is 1.61. The van der Waals surface area contributed by atoms with Crippen LogP contribution in [-0.4, -0.2) is 34.5 Å². The van der Waals surface area contributed by atoms with E-state index >= 15 is 0 Å². The van der Waals surface area contributed by atoms with Crippen molar-refractivity contribution < 1.29 is 4.79 Å². The van der Waals surface area contributed by atoms with Gasteiger partial charge in [0.1, 0.15) is 17.0 Å². The molecule has 2 aromatic heterocycles. The zero-order chi connectivity index (χ0) is 19.6. The lowest BCUT2D eigenvalue weighted by Gasteiger charge is -2.26. The molecule has 0 aliphatic heterocycles. The van der Waals surface area contributed by atoms with Gasteiger partial charge in [0.25, 0.3) is 0 Å². The highest BCUT2D eigenvalue weighted by Gasteiger charge is 2.21. The number of fused-ring (bicyclic) bond motifs is 1. The summed E-state index contributed by atoms with van der Waals surface area (Å²) < 4.78 is 0. The molecule has 5 nitrogen and oxygen atoms in total. The summed E-state index contributed by atoms with van der Waals surface area (Å²) in [5.41, 5.74) is 3.22. The van der Waals surface area contributed by atoms with Gasteiger partial charge in [-0.3, -0.25) is 4.79 Å². The minimum absolute atomic E-state index is 0.0109. The number of amides is 1. The van der Waals surface area contributed by atoms with E-state index in [0.717, 1.165) is 27.2 Å². The van der Waals surface area contributed by atoms with Crippen molar-refractivity contribution in [2.75, 3.05) is 18.0 Å². The maximum atomic E-state index is 12.5. The summed E-state index contributed by atoms with van der Waals surface area (Å²) in [4.78, 5) is 24.4. The van der Waals surface area contributed by atoms with Crippen molar-refractivity contribution in [3.05, 3.63) is 41.5 Å². The van der Waals surface area contributed by atoms with Gasteiger partial charge in [-0.2, -0.15) is 0 Å². The minimum Gasteiger partial charge on any atom is -0.350 e. The summed E-state index contributed by atoms with van der Waals surface area (Å²) in [6.07, 6.45) is 1.58. The first kappa shape index (κ1) is 19.3. The highest BCUT2D eigenvalue weighted by molar-refractivity contribution is 7.17. The fraction of sp³-hybridized carbons (Fsp3) is 0.381. The monoisotopic (exact) mass is 382 g/mol. The summed E-state index contributed by atoms with van der Waals surface area (Å²) in [6.45, 7) is 11.0.